The van der Waals surface area contributed by atoms with Crippen LogP contribution in [0.25, 0.3) is 0 Å². The molecule has 1 aromatic rings. The van der Waals surface area contributed by atoms with E-state index in [2.05, 4.69) is 5.32 Å². The van der Waals surface area contributed by atoms with Crippen molar-refractivity contribution in [1.29, 1.82) is 0 Å². The van der Waals surface area contributed by atoms with Gasteiger partial charge in [-0.1, -0.05) is 26.0 Å². The SMILES string of the molecule is CC1(C)CC(=O)Nc2c(O)cccc21. The average Bonchev–Trinajstić information content (AvgIpc) is 2.05. The van der Waals surface area contributed by atoms with Gasteiger partial charge in [-0.2, -0.15) is 0 Å². The number of nitrogens with one attached hydrogen (secondary N) is 1. The Morgan fingerprint density at radius 2 is 2.14 bits per heavy atom. The minimum absolute atomic E-state index is 0.0380. The number of aromatic hydroxyl groups is 1. The Labute approximate surface area is 82.8 Å². The Kier molecular flexibility index (Phi) is 1.77. The monoisotopic (exact) mass is 191 g/mol. The van der Waals surface area contributed by atoms with Gasteiger partial charge in [0.05, 0.1) is 5.69 Å². The molecule has 0 fully saturated rings. The van der Waals surface area contributed by atoms with Crippen LogP contribution in [0.15, 0.2) is 18.2 Å². The van der Waals surface area contributed by atoms with E-state index in [-0.39, 0.29) is 17.1 Å². The molecule has 2 rings (SSSR count). The molecule has 1 aliphatic heterocycles. The van der Waals surface area contributed by atoms with E-state index in [1.54, 1.807) is 12.1 Å². The second kappa shape index (κ2) is 2.74. The highest BCUT2D eigenvalue weighted by Crippen LogP contribution is 2.41. The first-order valence-corrected chi connectivity index (χ1v) is 4.63. The van der Waals surface area contributed by atoms with Crippen molar-refractivity contribution in [3.63, 3.8) is 0 Å². The molecule has 0 aromatic heterocycles. The minimum Gasteiger partial charge on any atom is -0.506 e. The number of fused-ring (bicyclic) bond motifs is 1. The molecule has 14 heavy (non-hydrogen) atoms. The van der Waals surface area contributed by atoms with Gasteiger partial charge in [0.15, 0.2) is 0 Å². The fraction of sp³-hybridized carbons (Fsp3) is 0.364. The fourth-order valence-corrected chi connectivity index (χ4v) is 1.92. The predicted octanol–water partition coefficient (Wildman–Crippen LogP) is 2.01. The average molecular weight is 191 g/mol. The molecule has 0 aliphatic carbocycles. The molecule has 0 radical (unpaired) electrons. The van der Waals surface area contributed by atoms with E-state index in [4.69, 9.17) is 0 Å². The van der Waals surface area contributed by atoms with Crippen LogP contribution in [0.1, 0.15) is 25.8 Å². The molecule has 74 valence electrons. The Morgan fingerprint density at radius 1 is 1.43 bits per heavy atom. The van der Waals surface area contributed by atoms with Gasteiger partial charge in [-0.15, -0.1) is 0 Å². The molecular formula is C11H13NO2. The summed E-state index contributed by atoms with van der Waals surface area (Å²) in [6, 6.07) is 5.32. The summed E-state index contributed by atoms with van der Waals surface area (Å²) in [4.78, 5) is 11.4. The maximum atomic E-state index is 11.4. The minimum atomic E-state index is -0.198. The van der Waals surface area contributed by atoms with Crippen molar-refractivity contribution in [1.82, 2.24) is 0 Å². The lowest BCUT2D eigenvalue weighted by atomic mass is 9.78. The number of rotatable bonds is 0. The van der Waals surface area contributed by atoms with E-state index < -0.39 is 0 Å². The van der Waals surface area contributed by atoms with Crippen molar-refractivity contribution in [2.45, 2.75) is 25.7 Å². The maximum Gasteiger partial charge on any atom is 0.225 e. The quantitative estimate of drug-likeness (QED) is 0.616. The smallest absolute Gasteiger partial charge is 0.225 e. The van der Waals surface area contributed by atoms with Crippen molar-refractivity contribution in [2.75, 3.05) is 5.32 Å². The first kappa shape index (κ1) is 9.06. The molecule has 2 N–H and O–H groups in total. The number of phenols is 1. The Morgan fingerprint density at radius 3 is 2.86 bits per heavy atom. The molecule has 0 saturated carbocycles. The van der Waals surface area contributed by atoms with Crippen LogP contribution in [-0.4, -0.2) is 11.0 Å². The number of para-hydroxylation sites is 1. The second-order valence-corrected chi connectivity index (χ2v) is 4.31. The summed E-state index contributed by atoms with van der Waals surface area (Å²) >= 11 is 0. The van der Waals surface area contributed by atoms with Gasteiger partial charge in [-0.05, 0) is 11.6 Å². The highest BCUT2D eigenvalue weighted by molar-refractivity contribution is 5.97. The van der Waals surface area contributed by atoms with Gasteiger partial charge in [0.2, 0.25) is 5.91 Å². The largest absolute Gasteiger partial charge is 0.506 e. The number of carbonyl (C=O) groups is 1. The van der Waals surface area contributed by atoms with E-state index in [1.165, 1.54) is 0 Å². The molecular weight excluding hydrogens is 178 g/mol. The summed E-state index contributed by atoms with van der Waals surface area (Å²) in [5.74, 6) is 0.104. The molecule has 0 bridgehead atoms. The molecule has 3 nitrogen and oxygen atoms in total. The summed E-state index contributed by atoms with van der Waals surface area (Å²) in [7, 11) is 0. The van der Waals surface area contributed by atoms with Gasteiger partial charge in [0, 0.05) is 11.8 Å². The number of benzene rings is 1. The summed E-state index contributed by atoms with van der Waals surface area (Å²) in [6.07, 6.45) is 0.462. The second-order valence-electron chi connectivity index (χ2n) is 4.31. The molecule has 1 aromatic carbocycles. The summed E-state index contributed by atoms with van der Waals surface area (Å²) < 4.78 is 0. The maximum absolute atomic E-state index is 11.4. The van der Waals surface area contributed by atoms with Crippen molar-refractivity contribution >= 4 is 11.6 Å². The van der Waals surface area contributed by atoms with Crippen molar-refractivity contribution < 1.29 is 9.90 Å². The van der Waals surface area contributed by atoms with E-state index in [1.807, 2.05) is 19.9 Å². The van der Waals surface area contributed by atoms with E-state index in [9.17, 15) is 9.90 Å². The van der Waals surface area contributed by atoms with E-state index >= 15 is 0 Å². The first-order chi connectivity index (χ1) is 6.50. The highest BCUT2D eigenvalue weighted by atomic mass is 16.3. The van der Waals surface area contributed by atoms with Gasteiger partial charge in [0.1, 0.15) is 5.75 Å². The number of carbonyl (C=O) groups excluding carboxylic acids is 1. The molecule has 0 saturated heterocycles. The molecule has 0 atom stereocenters. The number of amides is 1. The van der Waals surface area contributed by atoms with Crippen LogP contribution in [0, 0.1) is 0 Å². The van der Waals surface area contributed by atoms with Crippen molar-refractivity contribution in [2.24, 2.45) is 0 Å². The summed E-state index contributed by atoms with van der Waals surface area (Å²) in [5.41, 5.74) is 1.36. The lowest BCUT2D eigenvalue weighted by Gasteiger charge is -2.32. The van der Waals surface area contributed by atoms with Crippen LogP contribution in [0.3, 0.4) is 0 Å². The van der Waals surface area contributed by atoms with Gasteiger partial charge in [0.25, 0.3) is 0 Å². The third-order valence-electron chi connectivity index (χ3n) is 2.64. The molecule has 3 heteroatoms. The Hall–Kier alpha value is -1.51. The van der Waals surface area contributed by atoms with Crippen LogP contribution in [0.4, 0.5) is 5.69 Å². The zero-order valence-corrected chi connectivity index (χ0v) is 8.29. The van der Waals surface area contributed by atoms with Crippen LogP contribution in [-0.2, 0) is 10.2 Å². The number of hydrogen-bond donors (Lipinski definition) is 2. The number of hydrogen-bond acceptors (Lipinski definition) is 2. The van der Waals surface area contributed by atoms with Gasteiger partial charge in [-0.3, -0.25) is 4.79 Å². The van der Waals surface area contributed by atoms with Crippen LogP contribution in [0.5, 0.6) is 5.75 Å². The highest BCUT2D eigenvalue weighted by Gasteiger charge is 2.32. The molecule has 1 aliphatic rings. The van der Waals surface area contributed by atoms with Gasteiger partial charge < -0.3 is 10.4 Å². The third kappa shape index (κ3) is 1.25. The Bertz CT molecular complexity index is 396. The topological polar surface area (TPSA) is 49.3 Å². The zero-order valence-electron chi connectivity index (χ0n) is 8.29. The number of phenolic OH excluding ortho intramolecular Hbond substituents is 1. The van der Waals surface area contributed by atoms with Crippen LogP contribution >= 0.6 is 0 Å². The summed E-state index contributed by atoms with van der Waals surface area (Å²) in [6.45, 7) is 4.01. The molecule has 1 heterocycles. The van der Waals surface area contributed by atoms with Crippen LogP contribution in [0.2, 0.25) is 0 Å². The molecule has 0 unspecified atom stereocenters. The lowest BCUT2D eigenvalue weighted by molar-refractivity contribution is -0.117. The number of anilines is 1. The molecule has 1 amide bonds. The summed E-state index contributed by atoms with van der Waals surface area (Å²) in [5, 5.41) is 12.3. The predicted molar refractivity (Wildman–Crippen MR) is 54.4 cm³/mol. The van der Waals surface area contributed by atoms with E-state index in [0.29, 0.717) is 12.1 Å². The lowest BCUT2D eigenvalue weighted by Crippen LogP contribution is -2.32. The standard InChI is InChI=1S/C11H13NO2/c1-11(2)6-9(14)12-10-7(11)4-3-5-8(10)13/h3-5,13H,6H2,1-2H3,(H,12,14). The van der Waals surface area contributed by atoms with Crippen LogP contribution < -0.4 is 5.32 Å². The zero-order chi connectivity index (χ0) is 10.3. The Balaban J connectivity index is 2.63. The normalized spacial score (nSPS) is 18.6. The first-order valence-electron chi connectivity index (χ1n) is 4.63. The van der Waals surface area contributed by atoms with E-state index in [0.717, 1.165) is 5.56 Å². The van der Waals surface area contributed by atoms with Crippen molar-refractivity contribution in [3.8, 4) is 5.75 Å². The molecule has 0 spiro atoms. The van der Waals surface area contributed by atoms with Gasteiger partial charge in [-0.25, -0.2) is 0 Å². The van der Waals surface area contributed by atoms with Gasteiger partial charge >= 0.3 is 0 Å². The fourth-order valence-electron chi connectivity index (χ4n) is 1.92. The van der Waals surface area contributed by atoms with Crippen molar-refractivity contribution in [3.05, 3.63) is 23.8 Å². The third-order valence-corrected chi connectivity index (χ3v) is 2.64.